The number of aryl methyl sites for hydroxylation is 2. The molecule has 1 saturated carbocycles. The molecular formula is C18H16F3N3. The van der Waals surface area contributed by atoms with Gasteiger partial charge in [0.05, 0.1) is 0 Å². The number of alkyl halides is 2. The number of aromatic nitrogens is 3. The first-order chi connectivity index (χ1) is 11.4. The maximum atomic E-state index is 13.5. The molecule has 4 rings (SSSR count). The molecule has 2 heterocycles. The van der Waals surface area contributed by atoms with E-state index in [9.17, 15) is 13.2 Å². The zero-order chi connectivity index (χ0) is 17.1. The summed E-state index contributed by atoms with van der Waals surface area (Å²) in [6, 6.07) is 6.85. The second-order valence-corrected chi connectivity index (χ2v) is 6.49. The Bertz CT molecular complexity index is 946. The van der Waals surface area contributed by atoms with E-state index < -0.39 is 11.8 Å². The Morgan fingerprint density at radius 1 is 1.21 bits per heavy atom. The first kappa shape index (κ1) is 15.2. The predicted molar refractivity (Wildman–Crippen MR) is 84.6 cm³/mol. The number of nitrogens with zero attached hydrogens (tertiary/aromatic N) is 3. The minimum atomic E-state index is -2.56. The molecule has 6 heteroatoms. The van der Waals surface area contributed by atoms with Crippen molar-refractivity contribution in [1.29, 1.82) is 0 Å². The quantitative estimate of drug-likeness (QED) is 0.714. The van der Waals surface area contributed by atoms with E-state index in [1.54, 1.807) is 29.7 Å². The van der Waals surface area contributed by atoms with Crippen LogP contribution >= 0.6 is 0 Å². The Morgan fingerprint density at radius 2 is 1.96 bits per heavy atom. The van der Waals surface area contributed by atoms with E-state index in [1.807, 2.05) is 13.0 Å². The highest BCUT2D eigenvalue weighted by atomic mass is 19.3. The average molecular weight is 331 g/mol. The lowest BCUT2D eigenvalue weighted by Gasteiger charge is -2.09. The number of hydrogen-bond acceptors (Lipinski definition) is 2. The molecular weight excluding hydrogens is 315 g/mol. The van der Waals surface area contributed by atoms with E-state index >= 15 is 0 Å². The predicted octanol–water partition coefficient (Wildman–Crippen LogP) is 4.35. The van der Waals surface area contributed by atoms with Gasteiger partial charge in [0.15, 0.2) is 5.65 Å². The van der Waals surface area contributed by atoms with Crippen LogP contribution in [0.2, 0.25) is 0 Å². The van der Waals surface area contributed by atoms with Crippen molar-refractivity contribution in [2.45, 2.75) is 32.6 Å². The van der Waals surface area contributed by atoms with Crippen LogP contribution in [0.1, 0.15) is 23.4 Å². The third-order valence-electron chi connectivity index (χ3n) is 4.75. The summed E-state index contributed by atoms with van der Waals surface area (Å²) in [6.07, 6.45) is 1.95. The number of pyridine rings is 1. The van der Waals surface area contributed by atoms with Crippen LogP contribution in [0.3, 0.4) is 0 Å². The van der Waals surface area contributed by atoms with Crippen molar-refractivity contribution < 1.29 is 13.2 Å². The molecule has 0 aliphatic heterocycles. The van der Waals surface area contributed by atoms with Crippen LogP contribution in [-0.2, 0) is 6.42 Å². The Labute approximate surface area is 137 Å². The fraction of sp³-hybridized carbons (Fsp3) is 0.333. The molecule has 0 spiro atoms. The molecule has 3 nitrogen and oxygen atoms in total. The second kappa shape index (κ2) is 5.06. The zero-order valence-corrected chi connectivity index (χ0v) is 13.4. The number of fused-ring (bicyclic) bond motifs is 1. The van der Waals surface area contributed by atoms with Gasteiger partial charge in [-0.15, -0.1) is 10.2 Å². The van der Waals surface area contributed by atoms with E-state index in [-0.39, 0.29) is 18.7 Å². The van der Waals surface area contributed by atoms with Crippen LogP contribution in [-0.4, -0.2) is 20.5 Å². The Morgan fingerprint density at radius 3 is 2.62 bits per heavy atom. The average Bonchev–Trinajstić information content (AvgIpc) is 2.93. The van der Waals surface area contributed by atoms with Crippen molar-refractivity contribution in [2.24, 2.45) is 5.92 Å². The Kier molecular flexibility index (Phi) is 3.20. The van der Waals surface area contributed by atoms with Gasteiger partial charge in [0.2, 0.25) is 0 Å². The monoisotopic (exact) mass is 331 g/mol. The number of hydrogen-bond donors (Lipinski definition) is 0. The van der Waals surface area contributed by atoms with Gasteiger partial charge in [0.25, 0.3) is 5.92 Å². The van der Waals surface area contributed by atoms with Crippen LogP contribution in [0.25, 0.3) is 16.8 Å². The maximum Gasteiger partial charge on any atom is 0.252 e. The molecule has 2 aromatic heterocycles. The van der Waals surface area contributed by atoms with Crippen molar-refractivity contribution in [1.82, 2.24) is 14.6 Å². The van der Waals surface area contributed by atoms with Gasteiger partial charge in [-0.1, -0.05) is 6.07 Å². The number of benzene rings is 1. The van der Waals surface area contributed by atoms with E-state index in [4.69, 9.17) is 0 Å². The summed E-state index contributed by atoms with van der Waals surface area (Å²) in [5.41, 5.74) is 3.94. The van der Waals surface area contributed by atoms with Crippen molar-refractivity contribution in [2.75, 3.05) is 0 Å². The summed E-state index contributed by atoms with van der Waals surface area (Å²) in [5.74, 6) is -2.89. The normalized spacial score (nSPS) is 19.0. The molecule has 0 amide bonds. The first-order valence-electron chi connectivity index (χ1n) is 7.84. The lowest BCUT2D eigenvalue weighted by Crippen LogP contribution is -2.02. The number of halogens is 3. The highest BCUT2D eigenvalue weighted by molar-refractivity contribution is 5.73. The molecule has 1 unspecified atom stereocenters. The topological polar surface area (TPSA) is 30.2 Å². The van der Waals surface area contributed by atoms with Crippen LogP contribution in [0.4, 0.5) is 13.2 Å². The minimum Gasteiger partial charge on any atom is -0.286 e. The molecule has 1 aliphatic carbocycles. The maximum absolute atomic E-state index is 13.5. The third kappa shape index (κ3) is 2.37. The summed E-state index contributed by atoms with van der Waals surface area (Å²) in [4.78, 5) is 0. The standard InChI is InChI=1S/C18H16F3N3/c1-10-7-12(3-4-15(10)19)14-5-6-24-16(8-13-9-18(13,20)21)22-23-17(24)11(14)2/h3-7,13H,8-9H2,1-2H3. The lowest BCUT2D eigenvalue weighted by atomic mass is 10.0. The molecule has 0 N–H and O–H groups in total. The molecule has 24 heavy (non-hydrogen) atoms. The van der Waals surface area contributed by atoms with Crippen LogP contribution < -0.4 is 0 Å². The molecule has 0 radical (unpaired) electrons. The summed E-state index contributed by atoms with van der Waals surface area (Å²) < 4.78 is 41.5. The van der Waals surface area contributed by atoms with Crippen molar-refractivity contribution in [3.05, 3.63) is 53.2 Å². The van der Waals surface area contributed by atoms with Gasteiger partial charge in [-0.3, -0.25) is 4.40 Å². The summed E-state index contributed by atoms with van der Waals surface area (Å²) in [7, 11) is 0. The SMILES string of the molecule is Cc1cc(-c2ccn3c(CC4CC4(F)F)nnc3c2C)ccc1F. The van der Waals surface area contributed by atoms with Crippen molar-refractivity contribution in [3.63, 3.8) is 0 Å². The van der Waals surface area contributed by atoms with E-state index in [0.29, 0.717) is 17.0 Å². The Hall–Kier alpha value is -2.37. The molecule has 1 aromatic carbocycles. The van der Waals surface area contributed by atoms with Crippen molar-refractivity contribution >= 4 is 5.65 Å². The molecule has 0 bridgehead atoms. The Balaban J connectivity index is 1.74. The van der Waals surface area contributed by atoms with Crippen LogP contribution in [0.5, 0.6) is 0 Å². The smallest absolute Gasteiger partial charge is 0.252 e. The van der Waals surface area contributed by atoms with Gasteiger partial charge < -0.3 is 0 Å². The van der Waals surface area contributed by atoms with E-state index in [2.05, 4.69) is 10.2 Å². The van der Waals surface area contributed by atoms with Crippen LogP contribution in [0.15, 0.2) is 30.5 Å². The zero-order valence-electron chi connectivity index (χ0n) is 13.4. The lowest BCUT2D eigenvalue weighted by molar-refractivity contribution is 0.0984. The summed E-state index contributed by atoms with van der Waals surface area (Å²) in [6.45, 7) is 3.63. The second-order valence-electron chi connectivity index (χ2n) is 6.49. The molecule has 1 atom stereocenters. The first-order valence-corrected chi connectivity index (χ1v) is 7.84. The largest absolute Gasteiger partial charge is 0.286 e. The van der Waals surface area contributed by atoms with Gasteiger partial charge in [-0.25, -0.2) is 13.2 Å². The third-order valence-corrected chi connectivity index (χ3v) is 4.75. The fourth-order valence-electron chi connectivity index (χ4n) is 3.11. The molecule has 0 saturated heterocycles. The highest BCUT2D eigenvalue weighted by Gasteiger charge is 2.56. The van der Waals surface area contributed by atoms with Gasteiger partial charge in [-0.2, -0.15) is 0 Å². The van der Waals surface area contributed by atoms with E-state index in [1.165, 1.54) is 6.07 Å². The highest BCUT2D eigenvalue weighted by Crippen LogP contribution is 2.50. The molecule has 3 aromatic rings. The summed E-state index contributed by atoms with van der Waals surface area (Å²) in [5, 5.41) is 8.25. The summed E-state index contributed by atoms with van der Waals surface area (Å²) >= 11 is 0. The van der Waals surface area contributed by atoms with Crippen LogP contribution in [0, 0.1) is 25.6 Å². The molecule has 1 aliphatic rings. The van der Waals surface area contributed by atoms with Gasteiger partial charge >= 0.3 is 0 Å². The van der Waals surface area contributed by atoms with E-state index in [0.717, 1.165) is 16.7 Å². The minimum absolute atomic E-state index is 0.0756. The van der Waals surface area contributed by atoms with Gasteiger partial charge in [0.1, 0.15) is 11.6 Å². The van der Waals surface area contributed by atoms with Gasteiger partial charge in [0, 0.05) is 30.5 Å². The van der Waals surface area contributed by atoms with Crippen molar-refractivity contribution in [3.8, 4) is 11.1 Å². The molecule has 1 fully saturated rings. The van der Waals surface area contributed by atoms with Gasteiger partial charge in [-0.05, 0) is 48.7 Å². The fourth-order valence-corrected chi connectivity index (χ4v) is 3.11. The number of rotatable bonds is 3. The molecule has 124 valence electrons.